The molecular weight excluding hydrogens is 458 g/mol. The molecule has 0 bridgehead atoms. The second-order valence-corrected chi connectivity index (χ2v) is 9.23. The first-order valence-electron chi connectivity index (χ1n) is 11.6. The topological polar surface area (TPSA) is 112 Å². The van der Waals surface area contributed by atoms with Gasteiger partial charge in [-0.2, -0.15) is 5.10 Å². The van der Waals surface area contributed by atoms with Crippen molar-refractivity contribution in [2.75, 3.05) is 0 Å². The molecule has 9 nitrogen and oxygen atoms in total. The van der Waals surface area contributed by atoms with Crippen LogP contribution < -0.4 is 11.2 Å². The maximum Gasteiger partial charge on any atom is 0.335 e. The van der Waals surface area contributed by atoms with Gasteiger partial charge in [-0.05, 0) is 35.7 Å². The largest absolute Gasteiger partial charge is 0.478 e. The Bertz CT molecular complexity index is 1760. The minimum Gasteiger partial charge on any atom is -0.478 e. The van der Waals surface area contributed by atoms with Crippen molar-refractivity contribution in [3.05, 3.63) is 92.8 Å². The van der Waals surface area contributed by atoms with E-state index in [-0.39, 0.29) is 22.5 Å². The van der Waals surface area contributed by atoms with E-state index in [4.69, 9.17) is 5.10 Å². The van der Waals surface area contributed by atoms with Gasteiger partial charge in [-0.15, -0.1) is 0 Å². The van der Waals surface area contributed by atoms with Crippen LogP contribution in [0.3, 0.4) is 0 Å². The van der Waals surface area contributed by atoms with Crippen LogP contribution in [0.5, 0.6) is 0 Å². The molecule has 3 heterocycles. The summed E-state index contributed by atoms with van der Waals surface area (Å²) in [7, 11) is 1.45. The summed E-state index contributed by atoms with van der Waals surface area (Å²) in [5.74, 6) is -0.937. The Balaban J connectivity index is 1.86. The lowest BCUT2D eigenvalue weighted by Gasteiger charge is -2.11. The van der Waals surface area contributed by atoms with Gasteiger partial charge in [-0.1, -0.05) is 44.2 Å². The molecule has 1 N–H and O–H groups in total. The number of hydrogen-bond acceptors (Lipinski definition) is 5. The Labute approximate surface area is 205 Å². The Morgan fingerprint density at radius 2 is 1.83 bits per heavy atom. The van der Waals surface area contributed by atoms with Gasteiger partial charge in [-0.25, -0.2) is 9.59 Å². The summed E-state index contributed by atoms with van der Waals surface area (Å²) in [5, 5.41) is 15.6. The van der Waals surface area contributed by atoms with Crippen molar-refractivity contribution < 1.29 is 9.90 Å². The van der Waals surface area contributed by atoms with Crippen molar-refractivity contribution >= 4 is 27.9 Å². The van der Waals surface area contributed by atoms with Gasteiger partial charge in [0, 0.05) is 30.7 Å². The Hall–Kier alpha value is -4.53. The van der Waals surface area contributed by atoms with Crippen molar-refractivity contribution in [3.63, 3.8) is 0 Å². The van der Waals surface area contributed by atoms with Crippen molar-refractivity contribution in [1.29, 1.82) is 0 Å². The van der Waals surface area contributed by atoms with E-state index < -0.39 is 17.2 Å². The third-order valence-electron chi connectivity index (χ3n) is 6.22. The molecule has 5 aromatic rings. The van der Waals surface area contributed by atoms with Crippen LogP contribution in [0, 0.1) is 5.92 Å². The van der Waals surface area contributed by atoms with E-state index in [0.717, 1.165) is 21.0 Å². The van der Waals surface area contributed by atoms with Crippen LogP contribution in [0.4, 0.5) is 0 Å². The second-order valence-electron chi connectivity index (χ2n) is 9.23. The number of fused-ring (bicyclic) bond motifs is 2. The minimum absolute atomic E-state index is 0.0927. The number of carbonyl (C=O) groups is 1. The Morgan fingerprint density at radius 1 is 1.06 bits per heavy atom. The smallest absolute Gasteiger partial charge is 0.335 e. The number of pyridine rings is 1. The first kappa shape index (κ1) is 23.2. The van der Waals surface area contributed by atoms with E-state index in [2.05, 4.69) is 4.98 Å². The van der Waals surface area contributed by atoms with Gasteiger partial charge in [-0.3, -0.25) is 23.6 Å². The van der Waals surface area contributed by atoms with Crippen molar-refractivity contribution in [3.8, 4) is 11.3 Å². The third-order valence-corrected chi connectivity index (χ3v) is 6.22. The molecule has 5 rings (SSSR count). The van der Waals surface area contributed by atoms with Crippen molar-refractivity contribution in [2.24, 2.45) is 13.0 Å². The molecular formula is C27H25N5O4. The maximum absolute atomic E-state index is 13.4. The van der Waals surface area contributed by atoms with Gasteiger partial charge in [0.15, 0.2) is 5.65 Å². The predicted octanol–water partition coefficient (Wildman–Crippen LogP) is 3.51. The Kier molecular flexibility index (Phi) is 5.75. The molecule has 0 aliphatic heterocycles. The molecule has 0 saturated carbocycles. The van der Waals surface area contributed by atoms with Gasteiger partial charge < -0.3 is 5.11 Å². The number of aromatic nitrogens is 5. The van der Waals surface area contributed by atoms with Crippen LogP contribution in [0.25, 0.3) is 33.2 Å². The summed E-state index contributed by atoms with van der Waals surface area (Å²) in [4.78, 5) is 42.6. The standard InChI is InChI=1S/C27H25N5O4/c1-16(2)14-31-24-22(25(33)30(3)27(31)36)23(17-7-6-8-18(13-17)26(34)35)32(29-24)15-19-11-12-28-21-10-5-4-9-20(19)21/h4-13,16H,14-15H2,1-3H3,(H,34,35). The zero-order chi connectivity index (χ0) is 25.6. The molecule has 0 aliphatic rings. The lowest BCUT2D eigenvalue weighted by molar-refractivity contribution is 0.0697. The number of benzene rings is 2. The van der Waals surface area contributed by atoms with Gasteiger partial charge in [0.2, 0.25) is 0 Å². The number of hydrogen-bond donors (Lipinski definition) is 1. The summed E-state index contributed by atoms with van der Waals surface area (Å²) in [5.41, 5.74) is 2.21. The van der Waals surface area contributed by atoms with Gasteiger partial charge in [0.05, 0.1) is 23.3 Å². The van der Waals surface area contributed by atoms with Crippen molar-refractivity contribution in [2.45, 2.75) is 26.9 Å². The molecule has 182 valence electrons. The quantitative estimate of drug-likeness (QED) is 0.396. The highest BCUT2D eigenvalue weighted by atomic mass is 16.4. The fraction of sp³-hybridized carbons (Fsp3) is 0.222. The second kappa shape index (κ2) is 8.92. The highest BCUT2D eigenvalue weighted by Gasteiger charge is 2.23. The van der Waals surface area contributed by atoms with Crippen LogP contribution >= 0.6 is 0 Å². The zero-order valence-corrected chi connectivity index (χ0v) is 20.2. The molecule has 0 atom stereocenters. The fourth-order valence-electron chi connectivity index (χ4n) is 4.55. The van der Waals surface area contributed by atoms with Crippen LogP contribution in [-0.2, 0) is 20.1 Å². The van der Waals surface area contributed by atoms with Crippen LogP contribution in [0.1, 0.15) is 29.8 Å². The summed E-state index contributed by atoms with van der Waals surface area (Å²) < 4.78 is 4.29. The lowest BCUT2D eigenvalue weighted by atomic mass is 10.1. The van der Waals surface area contributed by atoms with Gasteiger partial charge in [0.1, 0.15) is 5.39 Å². The molecule has 0 amide bonds. The summed E-state index contributed by atoms with van der Waals surface area (Å²) in [6, 6.07) is 16.0. The molecule has 0 aliphatic carbocycles. The molecule has 3 aromatic heterocycles. The van der Waals surface area contributed by atoms with Crippen LogP contribution in [0.2, 0.25) is 0 Å². The first-order chi connectivity index (χ1) is 17.3. The molecule has 0 saturated heterocycles. The predicted molar refractivity (Wildman–Crippen MR) is 137 cm³/mol. The summed E-state index contributed by atoms with van der Waals surface area (Å²) in [6.07, 6.45) is 1.72. The lowest BCUT2D eigenvalue weighted by Crippen LogP contribution is -2.38. The number of nitrogens with zero attached hydrogens (tertiary/aromatic N) is 5. The van der Waals surface area contributed by atoms with E-state index in [1.165, 1.54) is 23.7 Å². The maximum atomic E-state index is 13.4. The summed E-state index contributed by atoms with van der Waals surface area (Å²) in [6.45, 7) is 4.65. The minimum atomic E-state index is -1.07. The number of para-hydroxylation sites is 1. The van der Waals surface area contributed by atoms with Crippen LogP contribution in [0.15, 0.2) is 70.4 Å². The third kappa shape index (κ3) is 3.88. The van der Waals surface area contributed by atoms with Crippen LogP contribution in [-0.4, -0.2) is 35.0 Å². The fourth-order valence-corrected chi connectivity index (χ4v) is 4.55. The van der Waals surface area contributed by atoms with Crippen molar-refractivity contribution in [1.82, 2.24) is 23.9 Å². The molecule has 0 spiro atoms. The number of carboxylic acid groups (broad SMARTS) is 1. The molecule has 9 heteroatoms. The number of carboxylic acids is 1. The highest BCUT2D eigenvalue weighted by molar-refractivity contribution is 5.94. The van der Waals surface area contributed by atoms with Gasteiger partial charge >= 0.3 is 11.7 Å². The molecule has 2 aromatic carbocycles. The average Bonchev–Trinajstić information content (AvgIpc) is 3.24. The molecule has 0 radical (unpaired) electrons. The number of rotatable bonds is 6. The van der Waals surface area contributed by atoms with E-state index in [1.54, 1.807) is 23.0 Å². The van der Waals surface area contributed by atoms with E-state index in [0.29, 0.717) is 24.3 Å². The van der Waals surface area contributed by atoms with Gasteiger partial charge in [0.25, 0.3) is 5.56 Å². The van der Waals surface area contributed by atoms with E-state index in [1.807, 2.05) is 44.2 Å². The normalized spacial score (nSPS) is 11.6. The SMILES string of the molecule is CC(C)Cn1c(=O)n(C)c(=O)c2c(-c3cccc(C(=O)O)c3)n(Cc3ccnc4ccccc34)nc21. The molecule has 0 unspecified atom stereocenters. The Morgan fingerprint density at radius 3 is 2.58 bits per heavy atom. The van der Waals surface area contributed by atoms with E-state index in [9.17, 15) is 19.5 Å². The highest BCUT2D eigenvalue weighted by Crippen LogP contribution is 2.29. The first-order valence-corrected chi connectivity index (χ1v) is 11.6. The average molecular weight is 484 g/mol. The zero-order valence-electron chi connectivity index (χ0n) is 20.2. The molecule has 36 heavy (non-hydrogen) atoms. The van der Waals surface area contributed by atoms with E-state index >= 15 is 0 Å². The molecule has 0 fully saturated rings. The summed E-state index contributed by atoms with van der Waals surface area (Å²) >= 11 is 0. The monoisotopic (exact) mass is 483 g/mol. The number of aromatic carboxylic acids is 1.